The highest BCUT2D eigenvalue weighted by atomic mass is 16.5. The predicted molar refractivity (Wildman–Crippen MR) is 59.4 cm³/mol. The Morgan fingerprint density at radius 1 is 1.36 bits per heavy atom. The molecular weight excluding hydrogens is 178 g/mol. The SMILES string of the molecule is CCOC(C)(CC)C(N)CCCOC. The molecule has 3 nitrogen and oxygen atoms in total. The molecule has 0 rings (SSSR count). The number of methoxy groups -OCH3 is 1. The lowest BCUT2D eigenvalue weighted by Crippen LogP contribution is -2.47. The molecular formula is C11H25NO2. The summed E-state index contributed by atoms with van der Waals surface area (Å²) >= 11 is 0. The van der Waals surface area contributed by atoms with Crippen LogP contribution in [0.25, 0.3) is 0 Å². The molecule has 14 heavy (non-hydrogen) atoms. The highest BCUT2D eigenvalue weighted by Gasteiger charge is 2.29. The molecule has 0 aromatic carbocycles. The van der Waals surface area contributed by atoms with Crippen LogP contribution in [-0.4, -0.2) is 32.0 Å². The van der Waals surface area contributed by atoms with Crippen LogP contribution in [0.4, 0.5) is 0 Å². The molecule has 0 radical (unpaired) electrons. The second kappa shape index (κ2) is 7.21. The highest BCUT2D eigenvalue weighted by molar-refractivity contribution is 4.85. The first kappa shape index (κ1) is 13.9. The van der Waals surface area contributed by atoms with Gasteiger partial charge in [-0.25, -0.2) is 0 Å². The molecule has 2 unspecified atom stereocenters. The van der Waals surface area contributed by atoms with Crippen molar-refractivity contribution in [2.75, 3.05) is 20.3 Å². The third kappa shape index (κ3) is 4.40. The maximum absolute atomic E-state index is 6.11. The third-order valence-corrected chi connectivity index (χ3v) is 2.82. The van der Waals surface area contributed by atoms with Crippen LogP contribution in [-0.2, 0) is 9.47 Å². The lowest BCUT2D eigenvalue weighted by atomic mass is 9.90. The zero-order valence-corrected chi connectivity index (χ0v) is 10.0. The molecule has 0 aliphatic heterocycles. The Balaban J connectivity index is 3.95. The Kier molecular flexibility index (Phi) is 7.15. The highest BCUT2D eigenvalue weighted by Crippen LogP contribution is 2.21. The van der Waals surface area contributed by atoms with Crippen molar-refractivity contribution in [3.63, 3.8) is 0 Å². The van der Waals surface area contributed by atoms with Crippen molar-refractivity contribution in [1.29, 1.82) is 0 Å². The quantitative estimate of drug-likeness (QED) is 0.613. The van der Waals surface area contributed by atoms with Crippen molar-refractivity contribution in [2.45, 2.75) is 51.7 Å². The molecule has 0 heterocycles. The zero-order valence-electron chi connectivity index (χ0n) is 10.0. The van der Waals surface area contributed by atoms with Gasteiger partial charge in [0.2, 0.25) is 0 Å². The van der Waals surface area contributed by atoms with Gasteiger partial charge in [0.15, 0.2) is 0 Å². The molecule has 0 aliphatic rings. The summed E-state index contributed by atoms with van der Waals surface area (Å²) in [4.78, 5) is 0. The summed E-state index contributed by atoms with van der Waals surface area (Å²) in [7, 11) is 1.72. The minimum absolute atomic E-state index is 0.0996. The monoisotopic (exact) mass is 203 g/mol. The number of hydrogen-bond acceptors (Lipinski definition) is 3. The second-order valence-electron chi connectivity index (χ2n) is 3.84. The Morgan fingerprint density at radius 3 is 2.43 bits per heavy atom. The van der Waals surface area contributed by atoms with E-state index in [9.17, 15) is 0 Å². The van der Waals surface area contributed by atoms with Gasteiger partial charge in [-0.1, -0.05) is 6.92 Å². The van der Waals surface area contributed by atoms with Crippen LogP contribution in [0.1, 0.15) is 40.0 Å². The minimum Gasteiger partial charge on any atom is -0.385 e. The fourth-order valence-corrected chi connectivity index (χ4v) is 1.55. The van der Waals surface area contributed by atoms with Gasteiger partial charge in [0.05, 0.1) is 5.60 Å². The minimum atomic E-state index is -0.178. The number of rotatable bonds is 8. The van der Waals surface area contributed by atoms with Gasteiger partial charge < -0.3 is 15.2 Å². The Morgan fingerprint density at radius 2 is 2.00 bits per heavy atom. The van der Waals surface area contributed by atoms with Crippen molar-refractivity contribution < 1.29 is 9.47 Å². The summed E-state index contributed by atoms with van der Waals surface area (Å²) in [5.74, 6) is 0. The van der Waals surface area contributed by atoms with E-state index in [1.165, 1.54) is 0 Å². The first-order valence-corrected chi connectivity index (χ1v) is 5.49. The molecule has 3 heteroatoms. The van der Waals surface area contributed by atoms with Crippen molar-refractivity contribution >= 4 is 0 Å². The molecule has 0 aromatic heterocycles. The van der Waals surface area contributed by atoms with E-state index in [0.717, 1.165) is 32.5 Å². The van der Waals surface area contributed by atoms with Crippen LogP contribution in [0.3, 0.4) is 0 Å². The summed E-state index contributed by atoms with van der Waals surface area (Å²) in [5, 5.41) is 0. The predicted octanol–water partition coefficient (Wildman–Crippen LogP) is 1.95. The Labute approximate surface area is 88.0 Å². The standard InChI is InChI=1S/C11H25NO2/c1-5-11(3,14-6-2)10(12)8-7-9-13-4/h10H,5-9,12H2,1-4H3. The number of nitrogens with two attached hydrogens (primary N) is 1. The average Bonchev–Trinajstić information content (AvgIpc) is 2.18. The van der Waals surface area contributed by atoms with E-state index in [-0.39, 0.29) is 11.6 Å². The van der Waals surface area contributed by atoms with E-state index in [2.05, 4.69) is 13.8 Å². The van der Waals surface area contributed by atoms with Crippen molar-refractivity contribution in [3.8, 4) is 0 Å². The normalized spacial score (nSPS) is 17.8. The molecule has 0 aromatic rings. The van der Waals surface area contributed by atoms with Gasteiger partial charge >= 0.3 is 0 Å². The Bertz CT molecular complexity index is 141. The van der Waals surface area contributed by atoms with E-state index in [4.69, 9.17) is 15.2 Å². The molecule has 0 amide bonds. The fraction of sp³-hybridized carbons (Fsp3) is 1.00. The smallest absolute Gasteiger partial charge is 0.0801 e. The first-order chi connectivity index (χ1) is 6.60. The van der Waals surface area contributed by atoms with Crippen LogP contribution in [0.15, 0.2) is 0 Å². The van der Waals surface area contributed by atoms with Crippen LogP contribution in [0.2, 0.25) is 0 Å². The van der Waals surface area contributed by atoms with E-state index in [0.29, 0.717) is 0 Å². The molecule has 0 aliphatic carbocycles. The Hall–Kier alpha value is -0.120. The summed E-state index contributed by atoms with van der Waals surface area (Å²) in [5.41, 5.74) is 5.93. The summed E-state index contributed by atoms with van der Waals surface area (Å²) in [6.07, 6.45) is 2.91. The fourth-order valence-electron chi connectivity index (χ4n) is 1.55. The zero-order chi connectivity index (χ0) is 11.0. The molecule has 86 valence electrons. The molecule has 0 saturated heterocycles. The van der Waals surface area contributed by atoms with Crippen LogP contribution in [0, 0.1) is 0 Å². The molecule has 2 N–H and O–H groups in total. The second-order valence-corrected chi connectivity index (χ2v) is 3.84. The molecule has 0 fully saturated rings. The number of hydrogen-bond donors (Lipinski definition) is 1. The molecule has 0 bridgehead atoms. The lowest BCUT2D eigenvalue weighted by Gasteiger charge is -2.34. The average molecular weight is 203 g/mol. The van der Waals surface area contributed by atoms with E-state index < -0.39 is 0 Å². The molecule has 2 atom stereocenters. The van der Waals surface area contributed by atoms with Gasteiger partial charge in [0.1, 0.15) is 0 Å². The topological polar surface area (TPSA) is 44.5 Å². The van der Waals surface area contributed by atoms with Gasteiger partial charge in [-0.3, -0.25) is 0 Å². The molecule has 0 saturated carbocycles. The van der Waals surface area contributed by atoms with E-state index in [1.54, 1.807) is 7.11 Å². The van der Waals surface area contributed by atoms with Crippen LogP contribution in [0.5, 0.6) is 0 Å². The van der Waals surface area contributed by atoms with Gasteiger partial charge in [0.25, 0.3) is 0 Å². The van der Waals surface area contributed by atoms with Crippen LogP contribution < -0.4 is 5.73 Å². The van der Waals surface area contributed by atoms with Gasteiger partial charge in [0, 0.05) is 26.4 Å². The summed E-state index contributed by atoms with van der Waals surface area (Å²) in [6.45, 7) is 7.72. The first-order valence-electron chi connectivity index (χ1n) is 5.49. The van der Waals surface area contributed by atoms with Gasteiger partial charge in [-0.2, -0.15) is 0 Å². The maximum atomic E-state index is 6.11. The summed E-state index contributed by atoms with van der Waals surface area (Å²) < 4.78 is 10.7. The maximum Gasteiger partial charge on any atom is 0.0801 e. The van der Waals surface area contributed by atoms with Crippen molar-refractivity contribution in [2.24, 2.45) is 5.73 Å². The van der Waals surface area contributed by atoms with Crippen molar-refractivity contribution in [1.82, 2.24) is 0 Å². The summed E-state index contributed by atoms with van der Waals surface area (Å²) in [6, 6.07) is 0.0996. The van der Waals surface area contributed by atoms with Crippen molar-refractivity contribution in [3.05, 3.63) is 0 Å². The molecule has 0 spiro atoms. The van der Waals surface area contributed by atoms with Gasteiger partial charge in [-0.05, 0) is 33.1 Å². The van der Waals surface area contributed by atoms with Crippen LogP contribution >= 0.6 is 0 Å². The third-order valence-electron chi connectivity index (χ3n) is 2.82. The van der Waals surface area contributed by atoms with E-state index in [1.807, 2.05) is 6.92 Å². The largest absolute Gasteiger partial charge is 0.385 e. The lowest BCUT2D eigenvalue weighted by molar-refractivity contribution is -0.0491. The van der Waals surface area contributed by atoms with Gasteiger partial charge in [-0.15, -0.1) is 0 Å². The van der Waals surface area contributed by atoms with E-state index >= 15 is 0 Å². The number of ether oxygens (including phenoxy) is 2.